The second kappa shape index (κ2) is 9.89. The lowest BCUT2D eigenvalue weighted by atomic mass is 10.1. The number of alkyl halides is 3. The van der Waals surface area contributed by atoms with Crippen molar-refractivity contribution in [3.05, 3.63) is 24.3 Å². The fraction of sp³-hybridized carbons (Fsp3) is 0.652. The molecule has 7 nitrogen and oxygen atoms in total. The van der Waals surface area contributed by atoms with Gasteiger partial charge in [0.25, 0.3) is 0 Å². The Balaban J connectivity index is 0.000000172. The number of aromatic nitrogens is 3. The Labute approximate surface area is 192 Å². The van der Waals surface area contributed by atoms with Gasteiger partial charge in [0.1, 0.15) is 5.82 Å². The fourth-order valence-corrected chi connectivity index (χ4v) is 4.55. The highest BCUT2D eigenvalue weighted by Crippen LogP contribution is 2.39. The molecule has 1 saturated heterocycles. The van der Waals surface area contributed by atoms with Crippen LogP contribution in [-0.2, 0) is 0 Å². The molecule has 0 amide bonds. The number of anilines is 1. The van der Waals surface area contributed by atoms with Crippen LogP contribution in [0.25, 0.3) is 11.3 Å². The van der Waals surface area contributed by atoms with Gasteiger partial charge >= 0.3 is 6.36 Å². The van der Waals surface area contributed by atoms with E-state index >= 15 is 0 Å². The zero-order valence-corrected chi connectivity index (χ0v) is 19.2. The number of pyridine rings is 1. The Morgan fingerprint density at radius 2 is 1.79 bits per heavy atom. The van der Waals surface area contributed by atoms with Crippen LogP contribution in [0.1, 0.15) is 50.8 Å². The highest BCUT2D eigenvalue weighted by atomic mass is 19.4. The van der Waals surface area contributed by atoms with Crippen LogP contribution in [0.4, 0.5) is 19.0 Å². The van der Waals surface area contributed by atoms with Crippen LogP contribution in [0, 0.1) is 5.92 Å². The Morgan fingerprint density at radius 3 is 2.39 bits per heavy atom. The van der Waals surface area contributed by atoms with Gasteiger partial charge in [0.05, 0.1) is 11.9 Å². The van der Waals surface area contributed by atoms with Gasteiger partial charge in [0, 0.05) is 49.9 Å². The van der Waals surface area contributed by atoms with E-state index in [1.54, 1.807) is 6.20 Å². The summed E-state index contributed by atoms with van der Waals surface area (Å²) >= 11 is 0. The summed E-state index contributed by atoms with van der Waals surface area (Å²) in [5.41, 5.74) is 6.41. The highest BCUT2D eigenvalue weighted by Gasteiger charge is 2.33. The second-order valence-electron chi connectivity index (χ2n) is 9.52. The van der Waals surface area contributed by atoms with Crippen LogP contribution >= 0.6 is 0 Å². The molecule has 0 radical (unpaired) electrons. The quantitative estimate of drug-likeness (QED) is 0.701. The minimum atomic E-state index is -4.80. The number of nitrogens with zero attached hydrogens (tertiary/aromatic N) is 4. The Hall–Kier alpha value is -2.33. The van der Waals surface area contributed by atoms with Crippen molar-refractivity contribution in [1.29, 1.82) is 0 Å². The van der Waals surface area contributed by atoms with E-state index in [9.17, 15) is 13.2 Å². The molecule has 5 rings (SSSR count). The van der Waals surface area contributed by atoms with Gasteiger partial charge in [0.15, 0.2) is 11.6 Å². The van der Waals surface area contributed by atoms with Gasteiger partial charge in [-0.1, -0.05) is 6.92 Å². The van der Waals surface area contributed by atoms with Crippen molar-refractivity contribution in [3.63, 3.8) is 0 Å². The van der Waals surface area contributed by atoms with E-state index in [1.807, 2.05) is 0 Å². The molecule has 2 aromatic heterocycles. The first kappa shape index (κ1) is 23.8. The molecule has 0 bridgehead atoms. The van der Waals surface area contributed by atoms with E-state index in [-0.39, 0.29) is 5.82 Å². The monoisotopic (exact) mass is 466 g/mol. The summed E-state index contributed by atoms with van der Waals surface area (Å²) < 4.78 is 40.6. The van der Waals surface area contributed by atoms with Crippen molar-refractivity contribution in [3.8, 4) is 17.0 Å². The lowest BCUT2D eigenvalue weighted by Gasteiger charge is -2.36. The molecule has 2 atom stereocenters. The first-order chi connectivity index (χ1) is 15.7. The number of imidazole rings is 1. The van der Waals surface area contributed by atoms with Crippen molar-refractivity contribution in [2.24, 2.45) is 5.92 Å². The molecule has 2 aliphatic carbocycles. The summed E-state index contributed by atoms with van der Waals surface area (Å²) in [4.78, 5) is 16.1. The van der Waals surface area contributed by atoms with Crippen LogP contribution < -0.4 is 10.5 Å². The number of nitrogens with two attached hydrogens (primary N) is 1. The van der Waals surface area contributed by atoms with E-state index in [1.165, 1.54) is 57.7 Å². The number of nitrogen functional groups attached to an aromatic ring is 1. The van der Waals surface area contributed by atoms with E-state index in [4.69, 9.17) is 5.73 Å². The molecule has 1 aliphatic heterocycles. The molecular formula is C23H33F3N6O. The molecule has 3 aliphatic rings. The van der Waals surface area contributed by atoms with Crippen LogP contribution in [0.15, 0.2) is 18.5 Å². The summed E-state index contributed by atoms with van der Waals surface area (Å²) in [6, 6.07) is 2.11. The van der Waals surface area contributed by atoms with Crippen molar-refractivity contribution < 1.29 is 17.9 Å². The topological polar surface area (TPSA) is 83.3 Å². The third kappa shape index (κ3) is 6.60. The summed E-state index contributed by atoms with van der Waals surface area (Å²) in [5, 5.41) is 0. The first-order valence-corrected chi connectivity index (χ1v) is 11.7. The minimum Gasteiger partial charge on any atom is -0.402 e. The van der Waals surface area contributed by atoms with Gasteiger partial charge in [-0.25, -0.2) is 9.97 Å². The molecule has 3 N–H and O–H groups in total. The van der Waals surface area contributed by atoms with Crippen molar-refractivity contribution >= 4 is 5.82 Å². The molecule has 3 fully saturated rings. The summed E-state index contributed by atoms with van der Waals surface area (Å²) in [5.74, 6) is 1.42. The maximum absolute atomic E-state index is 12.2. The summed E-state index contributed by atoms with van der Waals surface area (Å²) in [6.07, 6.45) is 4.65. The Bertz CT molecular complexity index is 921. The molecule has 0 spiro atoms. The average Bonchev–Trinajstić information content (AvgIpc) is 3.32. The largest absolute Gasteiger partial charge is 0.573 e. The molecule has 2 unspecified atom stereocenters. The molecule has 3 heterocycles. The number of likely N-dealkylation sites (N-methyl/N-ethyl adjacent to an activating group) is 1. The number of piperazine rings is 1. The van der Waals surface area contributed by atoms with Gasteiger partial charge in [-0.3, -0.25) is 4.90 Å². The maximum atomic E-state index is 12.2. The number of nitrogens with one attached hydrogen (secondary N) is 1. The van der Waals surface area contributed by atoms with Gasteiger partial charge in [-0.2, -0.15) is 0 Å². The lowest BCUT2D eigenvalue weighted by Crippen LogP contribution is -2.48. The molecular weight excluding hydrogens is 433 g/mol. The fourth-order valence-electron chi connectivity index (χ4n) is 4.55. The van der Waals surface area contributed by atoms with Crippen LogP contribution in [0.5, 0.6) is 5.75 Å². The average molecular weight is 467 g/mol. The van der Waals surface area contributed by atoms with Crippen molar-refractivity contribution in [1.82, 2.24) is 24.8 Å². The lowest BCUT2D eigenvalue weighted by molar-refractivity contribution is -0.274. The maximum Gasteiger partial charge on any atom is 0.573 e. The smallest absolute Gasteiger partial charge is 0.402 e. The predicted molar refractivity (Wildman–Crippen MR) is 121 cm³/mol. The number of hydrogen-bond acceptors (Lipinski definition) is 6. The number of aromatic amines is 1. The van der Waals surface area contributed by atoms with E-state index in [0.717, 1.165) is 30.6 Å². The molecule has 10 heteroatoms. The van der Waals surface area contributed by atoms with Crippen molar-refractivity contribution in [2.45, 2.75) is 57.3 Å². The van der Waals surface area contributed by atoms with Gasteiger partial charge < -0.3 is 20.4 Å². The molecule has 2 saturated carbocycles. The third-order valence-electron chi connectivity index (χ3n) is 6.70. The zero-order valence-electron chi connectivity index (χ0n) is 19.2. The number of ether oxygens (including phenoxy) is 1. The van der Waals surface area contributed by atoms with Crippen LogP contribution in [0.3, 0.4) is 0 Å². The second-order valence-corrected chi connectivity index (χ2v) is 9.52. The first-order valence-electron chi connectivity index (χ1n) is 11.7. The molecule has 2 aromatic rings. The Kier molecular flexibility index (Phi) is 7.13. The number of halogens is 3. The highest BCUT2D eigenvalue weighted by molar-refractivity contribution is 5.63. The number of rotatable bonds is 4. The van der Waals surface area contributed by atoms with Crippen molar-refractivity contribution in [2.75, 3.05) is 39.0 Å². The number of hydrogen-bond donors (Lipinski definition) is 2. The predicted octanol–water partition coefficient (Wildman–Crippen LogP) is 4.25. The van der Waals surface area contributed by atoms with E-state index in [2.05, 4.69) is 43.5 Å². The third-order valence-corrected chi connectivity index (χ3v) is 6.70. The van der Waals surface area contributed by atoms with Crippen LogP contribution in [0.2, 0.25) is 0 Å². The SMILES string of the molecule is CC1CCC(N2CCN(C)CC2)C1.Nc1ncc(-c2cnc(C3CC3)[nH]2)cc1OC(F)(F)F. The van der Waals surface area contributed by atoms with Gasteiger partial charge in [0.2, 0.25) is 0 Å². The molecule has 182 valence electrons. The standard InChI is InChI=1S/C12H11F3N4O.C11H22N2/c13-12(14,15)20-9-3-7(4-17-10(9)16)8-5-18-11(19-8)6-1-2-6;1-10-3-4-11(9-10)13-7-5-12(2)6-8-13/h3-6H,1-2H2,(H2,16,17)(H,18,19);10-11H,3-9H2,1-2H3. The molecule has 0 aromatic carbocycles. The zero-order chi connectivity index (χ0) is 23.6. The normalized spacial score (nSPS) is 24.4. The number of H-pyrrole nitrogens is 1. The summed E-state index contributed by atoms with van der Waals surface area (Å²) in [7, 11) is 2.23. The molecule has 33 heavy (non-hydrogen) atoms. The van der Waals surface area contributed by atoms with Gasteiger partial charge in [-0.05, 0) is 51.1 Å². The van der Waals surface area contributed by atoms with E-state index < -0.39 is 12.1 Å². The Morgan fingerprint density at radius 1 is 1.06 bits per heavy atom. The summed E-state index contributed by atoms with van der Waals surface area (Å²) in [6.45, 7) is 7.54. The van der Waals surface area contributed by atoms with Gasteiger partial charge in [-0.15, -0.1) is 13.2 Å². The van der Waals surface area contributed by atoms with Crippen LogP contribution in [-0.4, -0.2) is 70.4 Å². The minimum absolute atomic E-state index is 0.312. The van der Waals surface area contributed by atoms with E-state index in [0.29, 0.717) is 17.2 Å².